The maximum Gasteiger partial charge on any atom is 0.132 e. The van der Waals surface area contributed by atoms with Crippen molar-refractivity contribution in [3.05, 3.63) is 53.3 Å². The smallest absolute Gasteiger partial charge is 0.132 e. The van der Waals surface area contributed by atoms with Crippen molar-refractivity contribution in [1.29, 1.82) is 0 Å². The fourth-order valence-electron chi connectivity index (χ4n) is 1.47. The molecule has 0 heterocycles. The molecule has 2 N–H and O–H groups in total. The number of nitrogen functional groups attached to an aromatic ring is 1. The maximum absolute atomic E-state index is 13.5. The van der Waals surface area contributed by atoms with Crippen LogP contribution in [0.25, 0.3) is 11.1 Å². The first kappa shape index (κ1) is 9.99. The van der Waals surface area contributed by atoms with E-state index in [0.29, 0.717) is 21.8 Å². The van der Waals surface area contributed by atoms with Gasteiger partial charge in [-0.3, -0.25) is 0 Å². The van der Waals surface area contributed by atoms with Crippen LogP contribution >= 0.6 is 11.6 Å². The van der Waals surface area contributed by atoms with E-state index in [4.69, 9.17) is 17.3 Å². The highest BCUT2D eigenvalue weighted by molar-refractivity contribution is 6.33. The van der Waals surface area contributed by atoms with E-state index >= 15 is 0 Å². The summed E-state index contributed by atoms with van der Waals surface area (Å²) in [7, 11) is 0. The summed E-state index contributed by atoms with van der Waals surface area (Å²) in [5.74, 6) is -0.340. The average molecular weight is 222 g/mol. The summed E-state index contributed by atoms with van der Waals surface area (Å²) >= 11 is 5.94. The molecule has 0 atom stereocenters. The van der Waals surface area contributed by atoms with Gasteiger partial charge in [-0.25, -0.2) is 4.39 Å². The van der Waals surface area contributed by atoms with Gasteiger partial charge >= 0.3 is 0 Å². The zero-order valence-corrected chi connectivity index (χ0v) is 8.63. The molecule has 0 amide bonds. The van der Waals surface area contributed by atoms with Crippen LogP contribution in [0.1, 0.15) is 0 Å². The summed E-state index contributed by atoms with van der Waals surface area (Å²) in [5.41, 5.74) is 7.31. The van der Waals surface area contributed by atoms with Crippen LogP contribution in [-0.2, 0) is 0 Å². The zero-order valence-electron chi connectivity index (χ0n) is 7.87. The van der Waals surface area contributed by atoms with Crippen molar-refractivity contribution in [3.8, 4) is 11.1 Å². The fourth-order valence-corrected chi connectivity index (χ4v) is 1.74. The van der Waals surface area contributed by atoms with Gasteiger partial charge in [-0.15, -0.1) is 0 Å². The molecule has 0 aliphatic rings. The van der Waals surface area contributed by atoms with Gasteiger partial charge in [0.05, 0.1) is 5.02 Å². The van der Waals surface area contributed by atoms with Gasteiger partial charge in [0.15, 0.2) is 0 Å². The van der Waals surface area contributed by atoms with Gasteiger partial charge in [0.1, 0.15) is 5.82 Å². The number of nitrogens with two attached hydrogens (primary N) is 1. The largest absolute Gasteiger partial charge is 0.399 e. The summed E-state index contributed by atoms with van der Waals surface area (Å²) in [4.78, 5) is 0. The highest BCUT2D eigenvalue weighted by Crippen LogP contribution is 2.31. The van der Waals surface area contributed by atoms with Gasteiger partial charge in [-0.1, -0.05) is 29.8 Å². The number of hydrogen-bond acceptors (Lipinski definition) is 1. The van der Waals surface area contributed by atoms with Crippen LogP contribution < -0.4 is 5.73 Å². The van der Waals surface area contributed by atoms with Gasteiger partial charge in [0, 0.05) is 11.3 Å². The number of hydrogen-bond donors (Lipinski definition) is 1. The molecule has 0 spiro atoms. The Morgan fingerprint density at radius 3 is 2.47 bits per heavy atom. The molecule has 0 aromatic heterocycles. The first-order chi connectivity index (χ1) is 7.18. The Morgan fingerprint density at radius 2 is 1.80 bits per heavy atom. The van der Waals surface area contributed by atoms with Crippen LogP contribution in [0.4, 0.5) is 10.1 Å². The Kier molecular flexibility index (Phi) is 2.60. The molecule has 2 rings (SSSR count). The van der Waals surface area contributed by atoms with Gasteiger partial charge in [0.25, 0.3) is 0 Å². The molecule has 76 valence electrons. The minimum Gasteiger partial charge on any atom is -0.399 e. The molecule has 0 bridgehead atoms. The van der Waals surface area contributed by atoms with Crippen LogP contribution in [-0.4, -0.2) is 0 Å². The topological polar surface area (TPSA) is 26.0 Å². The number of benzene rings is 2. The summed E-state index contributed by atoms with van der Waals surface area (Å²) in [5, 5.41) is 0.389. The average Bonchev–Trinajstić information content (AvgIpc) is 2.17. The molecule has 3 heteroatoms. The second-order valence-electron chi connectivity index (χ2n) is 3.22. The molecule has 0 fully saturated rings. The van der Waals surface area contributed by atoms with Crippen LogP contribution in [0, 0.1) is 5.82 Å². The third-order valence-corrected chi connectivity index (χ3v) is 2.45. The van der Waals surface area contributed by atoms with E-state index in [1.54, 1.807) is 36.4 Å². The van der Waals surface area contributed by atoms with Gasteiger partial charge in [-0.2, -0.15) is 0 Å². The Bertz CT molecular complexity index is 476. The molecule has 0 radical (unpaired) electrons. The minimum absolute atomic E-state index is 0.340. The highest BCUT2D eigenvalue weighted by atomic mass is 35.5. The standard InChI is InChI=1S/C12H9ClFN/c13-10-5-2-6-11(14)12(10)8-3-1-4-9(15)7-8/h1-7H,15H2. The lowest BCUT2D eigenvalue weighted by Crippen LogP contribution is -1.88. The quantitative estimate of drug-likeness (QED) is 0.730. The molecule has 0 aliphatic carbocycles. The van der Waals surface area contributed by atoms with E-state index in [-0.39, 0.29) is 5.82 Å². The Balaban J connectivity index is 2.63. The van der Waals surface area contributed by atoms with Crippen molar-refractivity contribution in [1.82, 2.24) is 0 Å². The fraction of sp³-hybridized carbons (Fsp3) is 0. The lowest BCUT2D eigenvalue weighted by atomic mass is 10.0. The molecular formula is C12H9ClFN. The molecule has 0 saturated carbocycles. The minimum atomic E-state index is -0.340. The Labute approximate surface area is 92.3 Å². The molecule has 0 aliphatic heterocycles. The van der Waals surface area contributed by atoms with Crippen molar-refractivity contribution < 1.29 is 4.39 Å². The number of anilines is 1. The van der Waals surface area contributed by atoms with Crippen molar-refractivity contribution in [2.45, 2.75) is 0 Å². The first-order valence-corrected chi connectivity index (χ1v) is 4.86. The monoisotopic (exact) mass is 221 g/mol. The van der Waals surface area contributed by atoms with Crippen molar-refractivity contribution in [3.63, 3.8) is 0 Å². The van der Waals surface area contributed by atoms with E-state index in [2.05, 4.69) is 0 Å². The van der Waals surface area contributed by atoms with E-state index in [9.17, 15) is 4.39 Å². The van der Waals surface area contributed by atoms with Gasteiger partial charge in [-0.05, 0) is 29.8 Å². The van der Waals surface area contributed by atoms with Crippen molar-refractivity contribution in [2.24, 2.45) is 0 Å². The third-order valence-electron chi connectivity index (χ3n) is 2.14. The first-order valence-electron chi connectivity index (χ1n) is 4.48. The third kappa shape index (κ3) is 1.95. The van der Waals surface area contributed by atoms with E-state index < -0.39 is 0 Å². The summed E-state index contributed by atoms with van der Waals surface area (Å²) in [6.07, 6.45) is 0. The summed E-state index contributed by atoms with van der Waals surface area (Å²) in [6, 6.07) is 11.6. The van der Waals surface area contributed by atoms with Crippen LogP contribution in [0.5, 0.6) is 0 Å². The van der Waals surface area contributed by atoms with Gasteiger partial charge < -0.3 is 5.73 Å². The van der Waals surface area contributed by atoms with Crippen molar-refractivity contribution in [2.75, 3.05) is 5.73 Å². The molecule has 1 nitrogen and oxygen atoms in total. The van der Waals surface area contributed by atoms with E-state index in [0.717, 1.165) is 0 Å². The molecule has 2 aromatic carbocycles. The predicted molar refractivity (Wildman–Crippen MR) is 61.3 cm³/mol. The molecule has 15 heavy (non-hydrogen) atoms. The molecular weight excluding hydrogens is 213 g/mol. The summed E-state index contributed by atoms with van der Waals surface area (Å²) < 4.78 is 13.5. The Hall–Kier alpha value is -1.54. The SMILES string of the molecule is Nc1cccc(-c2c(F)cccc2Cl)c1. The highest BCUT2D eigenvalue weighted by Gasteiger charge is 2.08. The van der Waals surface area contributed by atoms with E-state index in [1.807, 2.05) is 0 Å². The number of halogens is 2. The lowest BCUT2D eigenvalue weighted by molar-refractivity contribution is 0.631. The van der Waals surface area contributed by atoms with Crippen molar-refractivity contribution >= 4 is 17.3 Å². The normalized spacial score (nSPS) is 10.3. The molecule has 2 aromatic rings. The van der Waals surface area contributed by atoms with Crippen LogP contribution in [0.3, 0.4) is 0 Å². The zero-order chi connectivity index (χ0) is 10.8. The number of rotatable bonds is 1. The second-order valence-corrected chi connectivity index (χ2v) is 3.63. The lowest BCUT2D eigenvalue weighted by Gasteiger charge is -2.06. The molecule has 0 saturated heterocycles. The van der Waals surface area contributed by atoms with Gasteiger partial charge in [0.2, 0.25) is 0 Å². The Morgan fingerprint density at radius 1 is 1.07 bits per heavy atom. The summed E-state index contributed by atoms with van der Waals surface area (Å²) in [6.45, 7) is 0. The van der Waals surface area contributed by atoms with Crippen LogP contribution in [0.15, 0.2) is 42.5 Å². The van der Waals surface area contributed by atoms with E-state index in [1.165, 1.54) is 6.07 Å². The maximum atomic E-state index is 13.5. The second kappa shape index (κ2) is 3.91. The molecule has 0 unspecified atom stereocenters. The van der Waals surface area contributed by atoms with Crippen LogP contribution in [0.2, 0.25) is 5.02 Å². The predicted octanol–water partition coefficient (Wildman–Crippen LogP) is 3.73.